The van der Waals surface area contributed by atoms with Crippen LogP contribution in [0.2, 0.25) is 0 Å². The van der Waals surface area contributed by atoms with Gasteiger partial charge in [0.15, 0.2) is 4.34 Å². The molecular weight excluding hydrogens is 334 g/mol. The lowest BCUT2D eigenvalue weighted by Crippen LogP contribution is -2.12. The molecule has 0 bridgehead atoms. The van der Waals surface area contributed by atoms with Gasteiger partial charge in [0, 0.05) is 16.0 Å². The molecule has 7 heteroatoms. The Hall–Kier alpha value is -1.18. The van der Waals surface area contributed by atoms with E-state index in [0.717, 1.165) is 38.9 Å². The Morgan fingerprint density at radius 3 is 3.00 bits per heavy atom. The van der Waals surface area contributed by atoms with E-state index < -0.39 is 0 Å². The highest BCUT2D eigenvalue weighted by Gasteiger charge is 2.19. The number of H-pyrrole nitrogens is 1. The van der Waals surface area contributed by atoms with E-state index in [2.05, 4.69) is 15.0 Å². The summed E-state index contributed by atoms with van der Waals surface area (Å²) in [5.41, 5.74) is 2.31. The van der Waals surface area contributed by atoms with E-state index in [9.17, 15) is 4.79 Å². The third kappa shape index (κ3) is 2.61. The van der Waals surface area contributed by atoms with Crippen LogP contribution < -0.4 is 5.56 Å². The first-order valence-electron chi connectivity index (χ1n) is 7.29. The first-order valence-corrected chi connectivity index (χ1v) is 9.97. The minimum Gasteiger partial charge on any atom is -0.309 e. The third-order valence-corrected chi connectivity index (χ3v) is 7.14. The zero-order valence-corrected chi connectivity index (χ0v) is 14.6. The fourth-order valence-electron chi connectivity index (χ4n) is 2.81. The van der Waals surface area contributed by atoms with Crippen LogP contribution in [0.5, 0.6) is 0 Å². The van der Waals surface area contributed by atoms with Gasteiger partial charge in [-0.2, -0.15) is 0 Å². The van der Waals surface area contributed by atoms with Crippen LogP contribution in [0.25, 0.3) is 10.2 Å². The molecule has 0 saturated carbocycles. The number of thiophene rings is 1. The number of rotatable bonds is 3. The number of hydrogen-bond acceptors (Lipinski definition) is 6. The van der Waals surface area contributed by atoms with Gasteiger partial charge >= 0.3 is 0 Å². The van der Waals surface area contributed by atoms with Gasteiger partial charge in [-0.3, -0.25) is 4.79 Å². The van der Waals surface area contributed by atoms with E-state index >= 15 is 0 Å². The van der Waals surface area contributed by atoms with Gasteiger partial charge in [0.05, 0.1) is 11.1 Å². The molecule has 114 valence electrons. The summed E-state index contributed by atoms with van der Waals surface area (Å²) in [6, 6.07) is 0. The lowest BCUT2D eigenvalue weighted by Gasteiger charge is -2.09. The second kappa shape index (κ2) is 5.79. The van der Waals surface area contributed by atoms with Crippen LogP contribution in [0.1, 0.15) is 34.8 Å². The summed E-state index contributed by atoms with van der Waals surface area (Å²) >= 11 is 4.96. The molecule has 0 aliphatic heterocycles. The van der Waals surface area contributed by atoms with Crippen molar-refractivity contribution in [3.8, 4) is 0 Å². The zero-order valence-electron chi connectivity index (χ0n) is 12.1. The average molecular weight is 350 g/mol. The van der Waals surface area contributed by atoms with Crippen molar-refractivity contribution < 1.29 is 0 Å². The number of hydrogen-bond donors (Lipinski definition) is 1. The van der Waals surface area contributed by atoms with Crippen LogP contribution in [-0.4, -0.2) is 15.0 Å². The quantitative estimate of drug-likeness (QED) is 0.728. The first-order chi connectivity index (χ1) is 10.7. The monoisotopic (exact) mass is 349 g/mol. The minimum absolute atomic E-state index is 0.0234. The number of nitrogens with one attached hydrogen (secondary N) is 1. The van der Waals surface area contributed by atoms with Crippen LogP contribution in [-0.2, 0) is 18.6 Å². The fourth-order valence-corrected chi connectivity index (χ4v) is 5.81. The van der Waals surface area contributed by atoms with Crippen molar-refractivity contribution in [2.75, 3.05) is 0 Å². The molecule has 1 aliphatic rings. The molecule has 0 fully saturated rings. The highest BCUT2D eigenvalue weighted by Crippen LogP contribution is 2.34. The average Bonchev–Trinajstić information content (AvgIpc) is 3.08. The topological polar surface area (TPSA) is 58.6 Å². The molecule has 3 heterocycles. The van der Waals surface area contributed by atoms with Crippen LogP contribution >= 0.6 is 34.4 Å². The SMILES string of the molecule is Cc1csc(SCc2nc3sc4c(c3c(=O)[nH]2)CCCC4)n1. The molecule has 0 amide bonds. The highest BCUT2D eigenvalue weighted by atomic mass is 32.2. The van der Waals surface area contributed by atoms with Gasteiger partial charge in [-0.05, 0) is 38.2 Å². The predicted octanol–water partition coefficient (Wildman–Crippen LogP) is 3.92. The molecule has 0 aromatic carbocycles. The molecule has 3 aromatic rings. The molecule has 1 N–H and O–H groups in total. The van der Waals surface area contributed by atoms with Gasteiger partial charge in [0.1, 0.15) is 10.7 Å². The molecule has 4 nitrogen and oxygen atoms in total. The molecular formula is C15H15N3OS3. The Kier molecular flexibility index (Phi) is 3.79. The van der Waals surface area contributed by atoms with Crippen molar-refractivity contribution in [2.24, 2.45) is 0 Å². The summed E-state index contributed by atoms with van der Waals surface area (Å²) in [7, 11) is 0. The summed E-state index contributed by atoms with van der Waals surface area (Å²) in [4.78, 5) is 26.8. The number of fused-ring (bicyclic) bond motifs is 3. The van der Waals surface area contributed by atoms with Gasteiger partial charge in [0.2, 0.25) is 0 Å². The summed E-state index contributed by atoms with van der Waals surface area (Å²) < 4.78 is 1.02. The summed E-state index contributed by atoms with van der Waals surface area (Å²) in [6.07, 6.45) is 4.52. The highest BCUT2D eigenvalue weighted by molar-refractivity contribution is 8.00. The van der Waals surface area contributed by atoms with E-state index in [1.807, 2.05) is 12.3 Å². The molecule has 0 unspecified atom stereocenters. The number of nitrogens with zero attached hydrogens (tertiary/aromatic N) is 2. The van der Waals surface area contributed by atoms with Crippen molar-refractivity contribution >= 4 is 44.7 Å². The second-order valence-electron chi connectivity index (χ2n) is 5.45. The minimum atomic E-state index is 0.0234. The van der Waals surface area contributed by atoms with Crippen LogP contribution in [0.15, 0.2) is 14.5 Å². The molecule has 1 aliphatic carbocycles. The Balaban J connectivity index is 1.66. The lowest BCUT2D eigenvalue weighted by molar-refractivity contribution is 0.700. The number of aromatic amines is 1. The van der Waals surface area contributed by atoms with E-state index in [1.54, 1.807) is 34.4 Å². The van der Waals surface area contributed by atoms with E-state index in [-0.39, 0.29) is 5.56 Å². The van der Waals surface area contributed by atoms with E-state index in [4.69, 9.17) is 0 Å². The van der Waals surface area contributed by atoms with Gasteiger partial charge in [-0.15, -0.1) is 22.7 Å². The van der Waals surface area contributed by atoms with Crippen LogP contribution in [0, 0.1) is 6.92 Å². The maximum absolute atomic E-state index is 12.4. The summed E-state index contributed by atoms with van der Waals surface area (Å²) in [6.45, 7) is 1.99. The Labute approximate surface area is 140 Å². The van der Waals surface area contributed by atoms with Gasteiger partial charge in [0.25, 0.3) is 5.56 Å². The molecule has 0 radical (unpaired) electrons. The molecule has 0 saturated heterocycles. The number of aryl methyl sites for hydroxylation is 3. The predicted molar refractivity (Wildman–Crippen MR) is 93.3 cm³/mol. The van der Waals surface area contributed by atoms with E-state index in [0.29, 0.717) is 5.75 Å². The first kappa shape index (κ1) is 14.4. The Morgan fingerprint density at radius 1 is 1.32 bits per heavy atom. The third-order valence-electron chi connectivity index (χ3n) is 3.80. The number of thioether (sulfide) groups is 1. The number of aromatic nitrogens is 3. The van der Waals surface area contributed by atoms with Crippen molar-refractivity contribution in [3.63, 3.8) is 0 Å². The van der Waals surface area contributed by atoms with Crippen LogP contribution in [0.4, 0.5) is 0 Å². The molecule has 0 atom stereocenters. The maximum Gasteiger partial charge on any atom is 0.259 e. The van der Waals surface area contributed by atoms with Crippen molar-refractivity contribution in [2.45, 2.75) is 42.7 Å². The van der Waals surface area contributed by atoms with Crippen molar-refractivity contribution in [1.29, 1.82) is 0 Å². The fraction of sp³-hybridized carbons (Fsp3) is 0.400. The Bertz CT molecular complexity index is 893. The van der Waals surface area contributed by atoms with Crippen molar-refractivity contribution in [1.82, 2.24) is 15.0 Å². The molecule has 4 rings (SSSR count). The maximum atomic E-state index is 12.4. The molecule has 22 heavy (non-hydrogen) atoms. The van der Waals surface area contributed by atoms with Gasteiger partial charge < -0.3 is 4.98 Å². The van der Waals surface area contributed by atoms with Crippen molar-refractivity contribution in [3.05, 3.63) is 37.7 Å². The zero-order chi connectivity index (χ0) is 15.1. The summed E-state index contributed by atoms with van der Waals surface area (Å²) in [5, 5.41) is 2.87. The lowest BCUT2D eigenvalue weighted by atomic mass is 9.97. The second-order valence-corrected chi connectivity index (χ2v) is 8.61. The number of thiazole rings is 1. The van der Waals surface area contributed by atoms with Crippen LogP contribution in [0.3, 0.4) is 0 Å². The molecule has 0 spiro atoms. The standard InChI is InChI=1S/C15H15N3OS3/c1-8-6-20-15(16-8)21-7-11-17-13(19)12-9-4-2-3-5-10(9)22-14(12)18-11/h6H,2-5,7H2,1H3,(H,17,18,19). The summed E-state index contributed by atoms with van der Waals surface area (Å²) in [5.74, 6) is 1.40. The normalized spacial score (nSPS) is 14.4. The smallest absolute Gasteiger partial charge is 0.259 e. The largest absolute Gasteiger partial charge is 0.309 e. The Morgan fingerprint density at radius 2 is 2.18 bits per heavy atom. The molecule has 3 aromatic heterocycles. The van der Waals surface area contributed by atoms with Gasteiger partial charge in [-0.1, -0.05) is 11.8 Å². The van der Waals surface area contributed by atoms with Gasteiger partial charge in [-0.25, -0.2) is 9.97 Å². The van der Waals surface area contributed by atoms with E-state index in [1.165, 1.54) is 23.3 Å².